The first-order valence-electron chi connectivity index (χ1n) is 9.07. The summed E-state index contributed by atoms with van der Waals surface area (Å²) in [7, 11) is 0. The van der Waals surface area contributed by atoms with Gasteiger partial charge in [-0.1, -0.05) is 82.3 Å². The fraction of sp³-hybridized carbons (Fsp3) is 0.292. The van der Waals surface area contributed by atoms with E-state index in [1.807, 2.05) is 0 Å². The smallest absolute Gasteiger partial charge is 0.0705 e. The van der Waals surface area contributed by atoms with E-state index in [4.69, 9.17) is 4.98 Å². The van der Waals surface area contributed by atoms with Gasteiger partial charge in [0.2, 0.25) is 0 Å². The second kappa shape index (κ2) is 7.23. The summed E-state index contributed by atoms with van der Waals surface area (Å²) in [6, 6.07) is 25.8. The second-order valence-electron chi connectivity index (χ2n) is 7.72. The monoisotopic (exact) mass is 329 g/mol. The minimum Gasteiger partial charge on any atom is -0.253 e. The van der Waals surface area contributed by atoms with Crippen molar-refractivity contribution in [3.8, 4) is 11.3 Å². The molecule has 0 radical (unpaired) electrons. The minimum absolute atomic E-state index is 0.0622. The van der Waals surface area contributed by atoms with Crippen LogP contribution in [0.3, 0.4) is 0 Å². The topological polar surface area (TPSA) is 12.9 Å². The molecule has 0 saturated heterocycles. The van der Waals surface area contributed by atoms with Gasteiger partial charge in [0.25, 0.3) is 0 Å². The average Bonchev–Trinajstić information content (AvgIpc) is 2.62. The van der Waals surface area contributed by atoms with Crippen molar-refractivity contribution in [1.29, 1.82) is 0 Å². The first kappa shape index (κ1) is 17.4. The first-order valence-corrected chi connectivity index (χ1v) is 9.07. The van der Waals surface area contributed by atoms with Gasteiger partial charge in [0.15, 0.2) is 0 Å². The van der Waals surface area contributed by atoms with Crippen molar-refractivity contribution in [1.82, 2.24) is 4.98 Å². The highest BCUT2D eigenvalue weighted by Gasteiger charge is 2.21. The summed E-state index contributed by atoms with van der Waals surface area (Å²) >= 11 is 0. The van der Waals surface area contributed by atoms with E-state index >= 15 is 0 Å². The van der Waals surface area contributed by atoms with Crippen molar-refractivity contribution in [3.05, 3.63) is 89.6 Å². The summed E-state index contributed by atoms with van der Waals surface area (Å²) in [5, 5.41) is 0. The summed E-state index contributed by atoms with van der Waals surface area (Å²) in [5.41, 5.74) is 6.17. The molecule has 0 aliphatic rings. The molecule has 0 amide bonds. The van der Waals surface area contributed by atoms with Crippen LogP contribution in [0.5, 0.6) is 0 Å². The molecule has 0 unspecified atom stereocenters. The van der Waals surface area contributed by atoms with E-state index in [1.165, 1.54) is 16.7 Å². The van der Waals surface area contributed by atoms with Gasteiger partial charge in [0.1, 0.15) is 0 Å². The Kier molecular flexibility index (Phi) is 5.03. The molecule has 0 aliphatic carbocycles. The molecule has 0 aliphatic heterocycles. The lowest BCUT2D eigenvalue weighted by Gasteiger charge is -2.25. The molecule has 2 aromatic carbocycles. The van der Waals surface area contributed by atoms with Crippen molar-refractivity contribution < 1.29 is 0 Å². The number of benzene rings is 2. The molecule has 0 bridgehead atoms. The molecular weight excluding hydrogens is 302 g/mol. The van der Waals surface area contributed by atoms with Crippen LogP contribution in [0.2, 0.25) is 0 Å². The lowest BCUT2D eigenvalue weighted by atomic mass is 9.80. The molecule has 1 aromatic heterocycles. The maximum Gasteiger partial charge on any atom is 0.0705 e. The van der Waals surface area contributed by atoms with Crippen molar-refractivity contribution in [3.63, 3.8) is 0 Å². The third-order valence-corrected chi connectivity index (χ3v) is 4.83. The van der Waals surface area contributed by atoms with Gasteiger partial charge >= 0.3 is 0 Å². The second-order valence-corrected chi connectivity index (χ2v) is 7.72. The van der Waals surface area contributed by atoms with Crippen LogP contribution < -0.4 is 0 Å². The van der Waals surface area contributed by atoms with Gasteiger partial charge < -0.3 is 0 Å². The zero-order valence-corrected chi connectivity index (χ0v) is 15.7. The summed E-state index contributed by atoms with van der Waals surface area (Å²) in [4.78, 5) is 4.95. The largest absolute Gasteiger partial charge is 0.253 e. The highest BCUT2D eigenvalue weighted by atomic mass is 14.7. The Labute approximate surface area is 151 Å². The van der Waals surface area contributed by atoms with Gasteiger partial charge in [0, 0.05) is 11.3 Å². The van der Waals surface area contributed by atoms with Gasteiger partial charge in [-0.2, -0.15) is 0 Å². The van der Waals surface area contributed by atoms with Gasteiger partial charge in [0.05, 0.1) is 5.69 Å². The van der Waals surface area contributed by atoms with Crippen molar-refractivity contribution in [2.75, 3.05) is 0 Å². The van der Waals surface area contributed by atoms with Crippen LogP contribution in [-0.4, -0.2) is 4.98 Å². The molecule has 1 heteroatoms. The molecule has 0 saturated carbocycles. The normalized spacial score (nSPS) is 11.7. The molecular formula is C24H27N. The molecule has 3 rings (SSSR count). The SMILES string of the molecule is CC(C)c1cccc(-c2cccc(CC(C)(C)c3ccccc3)n2)c1. The van der Waals surface area contributed by atoms with Gasteiger partial charge in [-0.25, -0.2) is 0 Å². The van der Waals surface area contributed by atoms with E-state index in [0.717, 1.165) is 17.8 Å². The number of hydrogen-bond donors (Lipinski definition) is 0. The Hall–Kier alpha value is -2.41. The number of rotatable bonds is 5. The lowest BCUT2D eigenvalue weighted by molar-refractivity contribution is 0.515. The predicted octanol–water partition coefficient (Wildman–Crippen LogP) is 6.39. The van der Waals surface area contributed by atoms with Crippen LogP contribution in [0.4, 0.5) is 0 Å². The Balaban J connectivity index is 1.88. The van der Waals surface area contributed by atoms with Crippen LogP contribution >= 0.6 is 0 Å². The van der Waals surface area contributed by atoms with E-state index in [0.29, 0.717) is 5.92 Å². The van der Waals surface area contributed by atoms with Crippen molar-refractivity contribution in [2.45, 2.75) is 45.4 Å². The highest BCUT2D eigenvalue weighted by molar-refractivity contribution is 5.60. The molecule has 25 heavy (non-hydrogen) atoms. The molecule has 0 fully saturated rings. The highest BCUT2D eigenvalue weighted by Crippen LogP contribution is 2.28. The number of aromatic nitrogens is 1. The fourth-order valence-electron chi connectivity index (χ4n) is 3.24. The van der Waals surface area contributed by atoms with Gasteiger partial charge in [-0.15, -0.1) is 0 Å². The summed E-state index contributed by atoms with van der Waals surface area (Å²) in [6.45, 7) is 9.03. The molecule has 1 heterocycles. The van der Waals surface area contributed by atoms with Crippen LogP contribution in [-0.2, 0) is 11.8 Å². The lowest BCUT2D eigenvalue weighted by Crippen LogP contribution is -2.21. The van der Waals surface area contributed by atoms with E-state index in [2.05, 4.69) is 100 Å². The van der Waals surface area contributed by atoms with Crippen molar-refractivity contribution in [2.24, 2.45) is 0 Å². The molecule has 3 aromatic rings. The molecule has 0 N–H and O–H groups in total. The zero-order chi connectivity index (χ0) is 17.9. The number of pyridine rings is 1. The minimum atomic E-state index is 0.0622. The number of nitrogens with zero attached hydrogens (tertiary/aromatic N) is 1. The number of hydrogen-bond acceptors (Lipinski definition) is 1. The van der Waals surface area contributed by atoms with E-state index in [9.17, 15) is 0 Å². The molecule has 0 atom stereocenters. The van der Waals surface area contributed by atoms with E-state index in [-0.39, 0.29) is 5.41 Å². The summed E-state index contributed by atoms with van der Waals surface area (Å²) < 4.78 is 0. The molecule has 1 nitrogen and oxygen atoms in total. The van der Waals surface area contributed by atoms with Gasteiger partial charge in [-0.3, -0.25) is 4.98 Å². The fourth-order valence-corrected chi connectivity index (χ4v) is 3.24. The van der Waals surface area contributed by atoms with Crippen molar-refractivity contribution >= 4 is 0 Å². The first-order chi connectivity index (χ1) is 12.0. The third-order valence-electron chi connectivity index (χ3n) is 4.83. The Morgan fingerprint density at radius 3 is 2.28 bits per heavy atom. The quantitative estimate of drug-likeness (QED) is 0.528. The Morgan fingerprint density at radius 2 is 1.56 bits per heavy atom. The predicted molar refractivity (Wildman–Crippen MR) is 107 cm³/mol. The van der Waals surface area contributed by atoms with Crippen LogP contribution in [0.1, 0.15) is 50.4 Å². The zero-order valence-electron chi connectivity index (χ0n) is 15.7. The third kappa shape index (κ3) is 4.17. The van der Waals surface area contributed by atoms with Gasteiger partial charge in [-0.05, 0) is 47.1 Å². The maximum absolute atomic E-state index is 4.95. The average molecular weight is 329 g/mol. The van der Waals surface area contributed by atoms with Crippen LogP contribution in [0, 0.1) is 0 Å². The van der Waals surface area contributed by atoms with Crippen LogP contribution in [0.15, 0.2) is 72.8 Å². The van der Waals surface area contributed by atoms with E-state index in [1.54, 1.807) is 0 Å². The van der Waals surface area contributed by atoms with E-state index < -0.39 is 0 Å². The molecule has 128 valence electrons. The summed E-state index contributed by atoms with van der Waals surface area (Å²) in [6.07, 6.45) is 0.925. The Morgan fingerprint density at radius 1 is 0.840 bits per heavy atom. The maximum atomic E-state index is 4.95. The summed E-state index contributed by atoms with van der Waals surface area (Å²) in [5.74, 6) is 0.528. The Bertz CT molecular complexity index is 831. The van der Waals surface area contributed by atoms with Crippen LogP contribution in [0.25, 0.3) is 11.3 Å². The molecule has 0 spiro atoms. The standard InChI is InChI=1S/C24H27N/c1-18(2)19-10-8-11-20(16-19)23-15-9-14-22(25-23)17-24(3,4)21-12-6-5-7-13-21/h5-16,18H,17H2,1-4H3.